The summed E-state index contributed by atoms with van der Waals surface area (Å²) in [5.74, 6) is 2.22. The van der Waals surface area contributed by atoms with Crippen LogP contribution in [0, 0.1) is 0 Å². The van der Waals surface area contributed by atoms with Crippen molar-refractivity contribution in [3.05, 3.63) is 29.6 Å². The summed E-state index contributed by atoms with van der Waals surface area (Å²) < 4.78 is 0. The number of benzene rings is 1. The number of hydrogen-bond acceptors (Lipinski definition) is 1. The molecule has 0 aliphatic heterocycles. The van der Waals surface area contributed by atoms with E-state index in [0.29, 0.717) is 11.8 Å². The first-order chi connectivity index (χ1) is 8.11. The molecule has 1 atom stereocenters. The molecule has 0 fully saturated rings. The van der Waals surface area contributed by atoms with Crippen molar-refractivity contribution < 1.29 is 0 Å². The van der Waals surface area contributed by atoms with Gasteiger partial charge in [0.15, 0.2) is 0 Å². The molecule has 0 saturated carbocycles. The Hall–Kier alpha value is -1.31. The highest BCUT2D eigenvalue weighted by molar-refractivity contribution is 5.76. The molecule has 1 aromatic carbocycles. The number of aromatic nitrogens is 2. The van der Waals surface area contributed by atoms with Gasteiger partial charge in [-0.15, -0.1) is 0 Å². The summed E-state index contributed by atoms with van der Waals surface area (Å²) in [5.41, 5.74) is 3.64. The first-order valence-corrected chi connectivity index (χ1v) is 6.61. The quantitative estimate of drug-likeness (QED) is 0.817. The molecule has 0 spiro atoms. The Labute approximate surface area is 103 Å². The van der Waals surface area contributed by atoms with E-state index in [9.17, 15) is 0 Å². The second-order valence-electron chi connectivity index (χ2n) is 5.24. The first-order valence-electron chi connectivity index (χ1n) is 6.61. The minimum absolute atomic E-state index is 0.523. The molecule has 1 aromatic heterocycles. The molecule has 92 valence electrons. The van der Waals surface area contributed by atoms with Gasteiger partial charge in [0.2, 0.25) is 0 Å². The molecule has 2 aromatic rings. The molecule has 0 bridgehead atoms. The van der Waals surface area contributed by atoms with Crippen molar-refractivity contribution in [2.24, 2.45) is 0 Å². The van der Waals surface area contributed by atoms with Gasteiger partial charge in [-0.25, -0.2) is 4.98 Å². The zero-order valence-electron chi connectivity index (χ0n) is 11.2. The standard InChI is InChI=1S/C15H22N2/c1-5-6-11(4)15-16-13-8-7-12(10(2)3)9-14(13)17-15/h7-11H,5-6H2,1-4H3,(H,16,17). The number of rotatable bonds is 4. The average Bonchev–Trinajstić information content (AvgIpc) is 2.71. The fourth-order valence-corrected chi connectivity index (χ4v) is 2.21. The Kier molecular flexibility index (Phi) is 3.51. The number of fused-ring (bicyclic) bond motifs is 1. The molecule has 0 amide bonds. The fraction of sp³-hybridized carbons (Fsp3) is 0.533. The number of H-pyrrole nitrogens is 1. The number of hydrogen-bond donors (Lipinski definition) is 1. The van der Waals surface area contributed by atoms with Crippen LogP contribution in [-0.2, 0) is 0 Å². The summed E-state index contributed by atoms with van der Waals surface area (Å²) in [7, 11) is 0. The van der Waals surface area contributed by atoms with Crippen LogP contribution in [0.15, 0.2) is 18.2 Å². The van der Waals surface area contributed by atoms with Crippen LogP contribution in [0.5, 0.6) is 0 Å². The van der Waals surface area contributed by atoms with Gasteiger partial charge in [-0.3, -0.25) is 0 Å². The summed E-state index contributed by atoms with van der Waals surface area (Å²) in [6.45, 7) is 8.90. The van der Waals surface area contributed by atoms with Gasteiger partial charge >= 0.3 is 0 Å². The third kappa shape index (κ3) is 2.51. The van der Waals surface area contributed by atoms with Crippen LogP contribution in [0.25, 0.3) is 11.0 Å². The van der Waals surface area contributed by atoms with Crippen molar-refractivity contribution in [2.75, 3.05) is 0 Å². The van der Waals surface area contributed by atoms with Crippen LogP contribution in [0.1, 0.15) is 63.8 Å². The molecule has 0 radical (unpaired) electrons. The van der Waals surface area contributed by atoms with E-state index in [1.165, 1.54) is 23.9 Å². The Morgan fingerprint density at radius 1 is 1.24 bits per heavy atom. The van der Waals surface area contributed by atoms with E-state index in [1.54, 1.807) is 0 Å². The number of nitrogens with zero attached hydrogens (tertiary/aromatic N) is 1. The van der Waals surface area contributed by atoms with Crippen LogP contribution in [0.2, 0.25) is 0 Å². The molecule has 0 aliphatic carbocycles. The Morgan fingerprint density at radius 3 is 2.65 bits per heavy atom. The molecule has 2 rings (SSSR count). The van der Waals surface area contributed by atoms with E-state index in [-0.39, 0.29) is 0 Å². The summed E-state index contributed by atoms with van der Waals surface area (Å²) >= 11 is 0. The predicted octanol–water partition coefficient (Wildman–Crippen LogP) is 4.59. The fourth-order valence-electron chi connectivity index (χ4n) is 2.21. The minimum Gasteiger partial charge on any atom is -0.342 e. The minimum atomic E-state index is 0.523. The van der Waals surface area contributed by atoms with Gasteiger partial charge in [0.1, 0.15) is 5.82 Å². The Balaban J connectivity index is 2.36. The van der Waals surface area contributed by atoms with E-state index >= 15 is 0 Å². The second kappa shape index (κ2) is 4.91. The van der Waals surface area contributed by atoms with Gasteiger partial charge < -0.3 is 4.98 Å². The monoisotopic (exact) mass is 230 g/mol. The van der Waals surface area contributed by atoms with Gasteiger partial charge in [0.25, 0.3) is 0 Å². The highest BCUT2D eigenvalue weighted by atomic mass is 14.9. The van der Waals surface area contributed by atoms with Gasteiger partial charge in [-0.1, -0.05) is 40.2 Å². The van der Waals surface area contributed by atoms with E-state index < -0.39 is 0 Å². The van der Waals surface area contributed by atoms with E-state index in [2.05, 4.69) is 55.9 Å². The lowest BCUT2D eigenvalue weighted by atomic mass is 10.0. The van der Waals surface area contributed by atoms with E-state index in [1.807, 2.05) is 0 Å². The molecule has 1 N–H and O–H groups in total. The molecule has 2 heteroatoms. The first kappa shape index (κ1) is 12.2. The highest BCUT2D eigenvalue weighted by Crippen LogP contribution is 2.24. The summed E-state index contributed by atoms with van der Waals surface area (Å²) in [6, 6.07) is 6.54. The third-order valence-corrected chi connectivity index (χ3v) is 3.38. The summed E-state index contributed by atoms with van der Waals surface area (Å²) in [4.78, 5) is 8.14. The number of nitrogens with one attached hydrogen (secondary N) is 1. The van der Waals surface area contributed by atoms with Crippen molar-refractivity contribution in [1.82, 2.24) is 9.97 Å². The lowest BCUT2D eigenvalue weighted by Crippen LogP contribution is -1.94. The summed E-state index contributed by atoms with van der Waals surface area (Å²) in [5, 5.41) is 0. The number of imidazole rings is 1. The van der Waals surface area contributed by atoms with Gasteiger partial charge in [-0.2, -0.15) is 0 Å². The predicted molar refractivity (Wildman–Crippen MR) is 73.5 cm³/mol. The van der Waals surface area contributed by atoms with Crippen molar-refractivity contribution in [3.8, 4) is 0 Å². The lowest BCUT2D eigenvalue weighted by molar-refractivity contribution is 0.636. The third-order valence-electron chi connectivity index (χ3n) is 3.38. The van der Waals surface area contributed by atoms with Crippen LogP contribution in [-0.4, -0.2) is 9.97 Å². The highest BCUT2D eigenvalue weighted by Gasteiger charge is 2.10. The van der Waals surface area contributed by atoms with Crippen LogP contribution in [0.4, 0.5) is 0 Å². The maximum atomic E-state index is 4.68. The summed E-state index contributed by atoms with van der Waals surface area (Å²) in [6.07, 6.45) is 2.40. The molecule has 0 saturated heterocycles. The molecule has 17 heavy (non-hydrogen) atoms. The normalized spacial score (nSPS) is 13.5. The largest absolute Gasteiger partial charge is 0.342 e. The van der Waals surface area contributed by atoms with E-state index in [0.717, 1.165) is 11.3 Å². The topological polar surface area (TPSA) is 28.7 Å². The maximum Gasteiger partial charge on any atom is 0.110 e. The Morgan fingerprint density at radius 2 is 2.00 bits per heavy atom. The SMILES string of the molecule is CCCC(C)c1nc2ccc(C(C)C)cc2[nH]1. The van der Waals surface area contributed by atoms with E-state index in [4.69, 9.17) is 0 Å². The van der Waals surface area contributed by atoms with Crippen LogP contribution in [0.3, 0.4) is 0 Å². The molecule has 1 heterocycles. The van der Waals surface area contributed by atoms with Gasteiger partial charge in [0.05, 0.1) is 11.0 Å². The van der Waals surface area contributed by atoms with Crippen molar-refractivity contribution in [2.45, 2.75) is 52.4 Å². The van der Waals surface area contributed by atoms with Crippen LogP contribution < -0.4 is 0 Å². The van der Waals surface area contributed by atoms with Crippen molar-refractivity contribution in [1.29, 1.82) is 0 Å². The van der Waals surface area contributed by atoms with Gasteiger partial charge in [0, 0.05) is 5.92 Å². The molecular formula is C15H22N2. The smallest absolute Gasteiger partial charge is 0.110 e. The number of aromatic amines is 1. The zero-order chi connectivity index (χ0) is 12.4. The van der Waals surface area contributed by atoms with Crippen LogP contribution >= 0.6 is 0 Å². The molecular weight excluding hydrogens is 208 g/mol. The molecule has 1 unspecified atom stereocenters. The zero-order valence-corrected chi connectivity index (χ0v) is 11.2. The average molecular weight is 230 g/mol. The Bertz CT molecular complexity index is 497. The molecule has 2 nitrogen and oxygen atoms in total. The lowest BCUT2D eigenvalue weighted by Gasteiger charge is -2.04. The van der Waals surface area contributed by atoms with Gasteiger partial charge in [-0.05, 0) is 30.0 Å². The second-order valence-corrected chi connectivity index (χ2v) is 5.24. The maximum absolute atomic E-state index is 4.68. The van der Waals surface area contributed by atoms with Crippen molar-refractivity contribution >= 4 is 11.0 Å². The van der Waals surface area contributed by atoms with Crippen molar-refractivity contribution in [3.63, 3.8) is 0 Å². The molecule has 0 aliphatic rings.